The van der Waals surface area contributed by atoms with Crippen molar-refractivity contribution in [3.8, 4) is 0 Å². The number of H-pyrrole nitrogens is 1. The zero-order chi connectivity index (χ0) is 23.2. The molecule has 0 radical (unpaired) electrons. The monoisotopic (exact) mass is 553 g/mol. The zero-order valence-electron chi connectivity index (χ0n) is 18.1. The molecule has 0 bridgehead atoms. The molecule has 0 aliphatic carbocycles. The molecule has 0 aliphatic rings. The minimum atomic E-state index is -0.814. The number of aromatic nitrogens is 1. The van der Waals surface area contributed by atoms with Gasteiger partial charge in [0.05, 0.1) is 0 Å². The number of aromatic amines is 1. The minimum Gasteiger partial charge on any atom is -0.445 e. The van der Waals surface area contributed by atoms with Crippen molar-refractivity contribution in [3.63, 3.8) is 0 Å². The molecule has 2 amide bonds. The van der Waals surface area contributed by atoms with Gasteiger partial charge in [0, 0.05) is 32.8 Å². The Morgan fingerprint density at radius 3 is 2.58 bits per heavy atom. The number of amides is 2. The molecular weight excluding hydrogens is 529 g/mol. The molecular formula is C26H24IN3O3. The van der Waals surface area contributed by atoms with E-state index in [0.717, 1.165) is 31.2 Å². The summed E-state index contributed by atoms with van der Waals surface area (Å²) in [6.07, 6.45) is 1.55. The first-order valence-electron chi connectivity index (χ1n) is 10.6. The van der Waals surface area contributed by atoms with Crippen LogP contribution in [0.3, 0.4) is 0 Å². The van der Waals surface area contributed by atoms with Crippen molar-refractivity contribution < 1.29 is 14.3 Å². The molecule has 1 atom stereocenters. The van der Waals surface area contributed by atoms with Crippen LogP contribution >= 0.6 is 22.6 Å². The highest BCUT2D eigenvalue weighted by Crippen LogP contribution is 2.21. The van der Waals surface area contributed by atoms with Gasteiger partial charge in [-0.25, -0.2) is 4.79 Å². The molecule has 0 aliphatic heterocycles. The molecule has 0 spiro atoms. The second kappa shape index (κ2) is 10.5. The van der Waals surface area contributed by atoms with Gasteiger partial charge >= 0.3 is 6.09 Å². The van der Waals surface area contributed by atoms with Crippen LogP contribution < -0.4 is 10.6 Å². The zero-order valence-corrected chi connectivity index (χ0v) is 20.3. The molecule has 4 aromatic rings. The summed E-state index contributed by atoms with van der Waals surface area (Å²) >= 11 is 2.23. The van der Waals surface area contributed by atoms with Gasteiger partial charge in [0.25, 0.3) is 0 Å². The quantitative estimate of drug-likeness (QED) is 0.262. The molecule has 168 valence electrons. The summed E-state index contributed by atoms with van der Waals surface area (Å²) in [5.41, 5.74) is 4.46. The van der Waals surface area contributed by atoms with Gasteiger partial charge in [-0.1, -0.05) is 48.5 Å². The van der Waals surface area contributed by atoms with Crippen LogP contribution in [0.1, 0.15) is 16.7 Å². The first-order valence-corrected chi connectivity index (χ1v) is 11.7. The van der Waals surface area contributed by atoms with Crippen molar-refractivity contribution in [1.29, 1.82) is 0 Å². The van der Waals surface area contributed by atoms with Gasteiger partial charge < -0.3 is 20.4 Å². The van der Waals surface area contributed by atoms with Crippen molar-refractivity contribution in [2.24, 2.45) is 0 Å². The average Bonchev–Trinajstić information content (AvgIpc) is 3.22. The molecule has 0 saturated heterocycles. The number of alkyl carbamates (subject to hydrolysis) is 1. The lowest BCUT2D eigenvalue weighted by Gasteiger charge is -2.19. The maximum Gasteiger partial charge on any atom is 0.408 e. The number of carbonyl (C=O) groups is 2. The summed E-state index contributed by atoms with van der Waals surface area (Å²) in [5, 5.41) is 6.72. The number of carbonyl (C=O) groups excluding carboxylic acids is 2. The Morgan fingerprint density at radius 1 is 1.03 bits per heavy atom. The third kappa shape index (κ3) is 5.92. The number of aryl methyl sites for hydroxylation is 1. The molecule has 1 aromatic heterocycles. The van der Waals surface area contributed by atoms with Crippen LogP contribution in [0.4, 0.5) is 10.5 Å². The van der Waals surface area contributed by atoms with Crippen LogP contribution in [0.5, 0.6) is 0 Å². The molecule has 7 heteroatoms. The van der Waals surface area contributed by atoms with Crippen LogP contribution in [0.15, 0.2) is 79.0 Å². The van der Waals surface area contributed by atoms with Crippen molar-refractivity contribution in [1.82, 2.24) is 10.3 Å². The first-order chi connectivity index (χ1) is 16.0. The van der Waals surface area contributed by atoms with E-state index in [2.05, 4.69) is 38.2 Å². The van der Waals surface area contributed by atoms with Crippen LogP contribution in [0, 0.1) is 10.5 Å². The Balaban J connectivity index is 1.51. The van der Waals surface area contributed by atoms with E-state index >= 15 is 0 Å². The van der Waals surface area contributed by atoms with Crippen molar-refractivity contribution >= 4 is 51.2 Å². The number of anilines is 1. The van der Waals surface area contributed by atoms with Crippen molar-refractivity contribution in [2.75, 3.05) is 5.32 Å². The third-order valence-electron chi connectivity index (χ3n) is 5.37. The molecule has 1 heterocycles. The molecule has 0 unspecified atom stereocenters. The number of hydrogen-bond acceptors (Lipinski definition) is 3. The molecule has 3 N–H and O–H groups in total. The number of benzene rings is 3. The van der Waals surface area contributed by atoms with E-state index in [-0.39, 0.29) is 12.5 Å². The number of para-hydroxylation sites is 1. The van der Waals surface area contributed by atoms with Gasteiger partial charge in [-0.2, -0.15) is 0 Å². The fraction of sp³-hybridized carbons (Fsp3) is 0.154. The van der Waals surface area contributed by atoms with Crippen molar-refractivity contribution in [3.05, 3.63) is 99.3 Å². The summed E-state index contributed by atoms with van der Waals surface area (Å²) in [4.78, 5) is 29.0. The predicted octanol–water partition coefficient (Wildman–Crippen LogP) is 5.56. The summed E-state index contributed by atoms with van der Waals surface area (Å²) in [7, 11) is 0. The largest absolute Gasteiger partial charge is 0.445 e. The van der Waals surface area contributed by atoms with E-state index in [1.54, 1.807) is 0 Å². The fourth-order valence-corrected chi connectivity index (χ4v) is 4.27. The highest BCUT2D eigenvalue weighted by atomic mass is 127. The average molecular weight is 553 g/mol. The lowest BCUT2D eigenvalue weighted by Crippen LogP contribution is -2.45. The Kier molecular flexibility index (Phi) is 7.29. The number of hydrogen-bond donors (Lipinski definition) is 3. The van der Waals surface area contributed by atoms with E-state index in [1.807, 2.05) is 85.9 Å². The van der Waals surface area contributed by atoms with E-state index < -0.39 is 12.1 Å². The maximum absolute atomic E-state index is 13.2. The SMILES string of the molecule is Cc1cc(I)ccc1NC(=O)[C@@H](Cc1c[nH]c2ccccc12)NC(=O)OCc1ccccc1. The second-order valence-electron chi connectivity index (χ2n) is 7.77. The van der Waals surface area contributed by atoms with Crippen LogP contribution in [0.25, 0.3) is 10.9 Å². The Hall–Kier alpha value is -3.33. The Morgan fingerprint density at radius 2 is 1.79 bits per heavy atom. The fourth-order valence-electron chi connectivity index (χ4n) is 3.62. The van der Waals surface area contributed by atoms with Gasteiger partial charge in [0.2, 0.25) is 5.91 Å². The lowest BCUT2D eigenvalue weighted by molar-refractivity contribution is -0.118. The summed E-state index contributed by atoms with van der Waals surface area (Å²) in [5.74, 6) is -0.304. The highest BCUT2D eigenvalue weighted by Gasteiger charge is 2.24. The van der Waals surface area contributed by atoms with Crippen LogP contribution in [0.2, 0.25) is 0 Å². The highest BCUT2D eigenvalue weighted by molar-refractivity contribution is 14.1. The second-order valence-corrected chi connectivity index (χ2v) is 9.02. The number of rotatable bonds is 7. The predicted molar refractivity (Wildman–Crippen MR) is 138 cm³/mol. The minimum absolute atomic E-state index is 0.129. The maximum atomic E-state index is 13.2. The normalized spacial score (nSPS) is 11.7. The third-order valence-corrected chi connectivity index (χ3v) is 6.04. The summed E-state index contributed by atoms with van der Waals surface area (Å²) in [6, 6.07) is 22.3. The van der Waals surface area contributed by atoms with Crippen LogP contribution in [-0.4, -0.2) is 23.0 Å². The summed E-state index contributed by atoms with van der Waals surface area (Å²) < 4.78 is 6.45. The van der Waals surface area contributed by atoms with Gasteiger partial charge in [-0.05, 0) is 70.5 Å². The summed E-state index contributed by atoms with van der Waals surface area (Å²) in [6.45, 7) is 2.07. The van der Waals surface area contributed by atoms with E-state index in [9.17, 15) is 9.59 Å². The molecule has 0 fully saturated rings. The Labute approximate surface area is 205 Å². The van der Waals surface area contributed by atoms with Gasteiger partial charge in [-0.3, -0.25) is 4.79 Å². The number of halogens is 1. The standard InChI is InChI=1S/C26H24IN3O3/c1-17-13-20(27)11-12-22(17)29-25(31)24(14-19-15-28-23-10-6-5-9-21(19)23)30-26(32)33-16-18-7-3-2-4-8-18/h2-13,15,24,28H,14,16H2,1H3,(H,29,31)(H,30,32)/t24-/m1/s1. The number of nitrogens with one attached hydrogen (secondary N) is 3. The lowest BCUT2D eigenvalue weighted by atomic mass is 10.0. The van der Waals surface area contributed by atoms with Crippen LogP contribution in [-0.2, 0) is 22.6 Å². The molecule has 33 heavy (non-hydrogen) atoms. The molecule has 4 rings (SSSR count). The van der Waals surface area contributed by atoms with Crippen molar-refractivity contribution in [2.45, 2.75) is 26.0 Å². The molecule has 6 nitrogen and oxygen atoms in total. The van der Waals surface area contributed by atoms with Gasteiger partial charge in [0.1, 0.15) is 12.6 Å². The van der Waals surface area contributed by atoms with E-state index in [4.69, 9.17) is 4.74 Å². The molecule has 3 aromatic carbocycles. The van der Waals surface area contributed by atoms with Gasteiger partial charge in [-0.15, -0.1) is 0 Å². The van der Waals surface area contributed by atoms with E-state index in [1.165, 1.54) is 0 Å². The number of fused-ring (bicyclic) bond motifs is 1. The smallest absolute Gasteiger partial charge is 0.408 e. The Bertz CT molecular complexity index is 1270. The number of ether oxygens (including phenoxy) is 1. The van der Waals surface area contributed by atoms with Gasteiger partial charge in [0.15, 0.2) is 0 Å². The molecule has 0 saturated carbocycles. The van der Waals surface area contributed by atoms with E-state index in [0.29, 0.717) is 12.1 Å². The first kappa shape index (κ1) is 22.8. The topological polar surface area (TPSA) is 83.2 Å².